The highest BCUT2D eigenvalue weighted by atomic mass is 35.5. The number of nitrogens with one attached hydrogen (secondary N) is 5. The highest BCUT2D eigenvalue weighted by Gasteiger charge is 2.61. The quantitative estimate of drug-likeness (QED) is 0.0820. The number of anilines is 1. The zero-order valence-corrected chi connectivity index (χ0v) is 31.6. The van der Waals surface area contributed by atoms with E-state index in [2.05, 4.69) is 37.6 Å². The third-order valence-corrected chi connectivity index (χ3v) is 11.6. The second-order valence-corrected chi connectivity index (χ2v) is 16.1. The monoisotopic (exact) mass is 788 g/mol. The summed E-state index contributed by atoms with van der Waals surface area (Å²) in [6.07, 6.45) is 9.92. The fraction of sp³-hybridized carbons (Fsp3) is 0.541. The number of aliphatic carboxylic acids is 1. The minimum atomic E-state index is -4.34. The molecule has 1 saturated heterocycles. The lowest BCUT2D eigenvalue weighted by molar-refractivity contribution is -0.139. The average Bonchev–Trinajstić information content (AvgIpc) is 3.41. The smallest absolute Gasteiger partial charge is 0.408 e. The highest BCUT2D eigenvalue weighted by Crippen LogP contribution is 2.45. The Morgan fingerprint density at radius 2 is 1.80 bits per heavy atom. The van der Waals surface area contributed by atoms with Crippen molar-refractivity contribution in [3.05, 3.63) is 60.3 Å². The molecule has 54 heavy (non-hydrogen) atoms. The minimum absolute atomic E-state index is 0.109. The van der Waals surface area contributed by atoms with Gasteiger partial charge in [0.05, 0.1) is 16.8 Å². The molecule has 0 spiro atoms. The number of ether oxygens (including phenoxy) is 2. The maximum atomic E-state index is 13.6. The van der Waals surface area contributed by atoms with E-state index in [0.29, 0.717) is 55.4 Å². The molecule has 5 atom stereocenters. The van der Waals surface area contributed by atoms with Crippen LogP contribution in [0.5, 0.6) is 5.88 Å². The number of rotatable bonds is 20. The van der Waals surface area contributed by atoms with E-state index in [0.717, 1.165) is 44.9 Å². The van der Waals surface area contributed by atoms with Crippen LogP contribution in [-0.2, 0) is 29.1 Å². The van der Waals surface area contributed by atoms with Crippen LogP contribution in [0.3, 0.4) is 0 Å². The number of alkyl carbamates (subject to hydrolysis) is 1. The predicted molar refractivity (Wildman–Crippen MR) is 201 cm³/mol. The Morgan fingerprint density at radius 1 is 1.06 bits per heavy atom. The topological polar surface area (TPSA) is 214 Å². The van der Waals surface area contributed by atoms with Crippen LogP contribution in [0.25, 0.3) is 0 Å². The number of pyridine rings is 1. The van der Waals surface area contributed by atoms with E-state index in [4.69, 9.17) is 21.1 Å². The first-order valence-corrected chi connectivity index (χ1v) is 20.3. The molecule has 5 rings (SSSR count). The third kappa shape index (κ3) is 11.1. The number of nitrogens with zero attached hydrogens (tertiary/aromatic N) is 1. The number of benzene rings is 1. The molecule has 2 saturated carbocycles. The summed E-state index contributed by atoms with van der Waals surface area (Å²) in [6.45, 7) is 4.59. The first kappa shape index (κ1) is 40.8. The zero-order chi connectivity index (χ0) is 38.7. The van der Waals surface area contributed by atoms with Gasteiger partial charge in [-0.05, 0) is 63.1 Å². The van der Waals surface area contributed by atoms with E-state index in [9.17, 15) is 32.7 Å². The van der Waals surface area contributed by atoms with Gasteiger partial charge in [0.15, 0.2) is 0 Å². The molecule has 1 aromatic heterocycles. The maximum absolute atomic E-state index is 13.6. The second-order valence-electron chi connectivity index (χ2n) is 14.0. The maximum Gasteiger partial charge on any atom is 0.408 e. The molecule has 3 aliphatic rings. The number of amides is 3. The van der Waals surface area contributed by atoms with Crippen LogP contribution in [0.2, 0.25) is 5.02 Å². The lowest BCUT2D eigenvalue weighted by Crippen LogP contribution is -2.55. The van der Waals surface area contributed by atoms with Crippen molar-refractivity contribution in [2.24, 2.45) is 5.92 Å². The number of halogens is 1. The van der Waals surface area contributed by atoms with Crippen molar-refractivity contribution in [2.75, 3.05) is 18.4 Å². The van der Waals surface area contributed by atoms with E-state index < -0.39 is 57.4 Å². The molecule has 17 heteroatoms. The molecule has 1 unspecified atom stereocenters. The fourth-order valence-electron chi connectivity index (χ4n) is 6.87. The van der Waals surface area contributed by atoms with E-state index >= 15 is 0 Å². The zero-order valence-electron chi connectivity index (χ0n) is 30.1. The summed E-state index contributed by atoms with van der Waals surface area (Å²) in [5, 5.41) is 21.5. The molecule has 1 aliphatic heterocycles. The Morgan fingerprint density at radius 3 is 2.50 bits per heavy atom. The Hall–Kier alpha value is -4.41. The molecule has 3 amide bonds. The van der Waals surface area contributed by atoms with Crippen molar-refractivity contribution in [3.8, 4) is 5.88 Å². The predicted octanol–water partition coefficient (Wildman–Crippen LogP) is 4.28. The molecular weight excluding hydrogens is 740 g/mol. The second kappa shape index (κ2) is 18.8. The molecule has 0 radical (unpaired) electrons. The largest absolute Gasteiger partial charge is 0.480 e. The van der Waals surface area contributed by atoms with E-state index in [-0.39, 0.29) is 23.5 Å². The molecule has 1 aromatic carbocycles. The standard InChI is InChI=1S/C37H49ClN6O9S/c1-2-24-21-37(24,43-33(45)30-20-27(23-40-30)52-32-18-17-25(38)22-41-32)35(48)44-54(50,51)31-16-10-9-14-28(31)39-19-11-5-3-4-6-15-29(34(46)47)42-36(49)53-26-12-7-8-13-26/h2,9-10,14,16-18,22,24,26-27,29-30,39-40H,1,3-8,11-13,15,19-21,23H2,(H,42,49)(H,43,45)(H,44,48)(H,46,47)/t24-,27-,29?,30+,37-/m1/s1. The Bertz CT molecular complexity index is 1760. The lowest BCUT2D eigenvalue weighted by atomic mass is 10.1. The molecule has 2 heterocycles. The number of hydrogen-bond acceptors (Lipinski definition) is 11. The van der Waals surface area contributed by atoms with Crippen LogP contribution in [0.1, 0.15) is 77.0 Å². The van der Waals surface area contributed by atoms with Gasteiger partial charge in [-0.25, -0.2) is 27.7 Å². The summed E-state index contributed by atoms with van der Waals surface area (Å²) in [4.78, 5) is 54.6. The number of unbranched alkanes of at least 4 members (excludes halogenated alkanes) is 4. The van der Waals surface area contributed by atoms with Gasteiger partial charge in [-0.3, -0.25) is 9.59 Å². The minimum Gasteiger partial charge on any atom is -0.480 e. The molecule has 15 nitrogen and oxygen atoms in total. The van der Waals surface area contributed by atoms with E-state index in [1.54, 1.807) is 30.3 Å². The summed E-state index contributed by atoms with van der Waals surface area (Å²) in [5.41, 5.74) is -1.14. The van der Waals surface area contributed by atoms with Gasteiger partial charge in [-0.1, -0.05) is 55.5 Å². The summed E-state index contributed by atoms with van der Waals surface area (Å²) < 4.78 is 40.4. The summed E-state index contributed by atoms with van der Waals surface area (Å²) >= 11 is 5.89. The van der Waals surface area contributed by atoms with E-state index in [1.165, 1.54) is 18.3 Å². The molecular formula is C37H49ClN6O9S. The number of aromatic nitrogens is 1. The van der Waals surface area contributed by atoms with Crippen molar-refractivity contribution in [1.29, 1.82) is 0 Å². The summed E-state index contributed by atoms with van der Waals surface area (Å²) in [6, 6.07) is 7.85. The van der Waals surface area contributed by atoms with Crippen LogP contribution in [0.15, 0.2) is 60.1 Å². The van der Waals surface area contributed by atoms with Gasteiger partial charge in [-0.15, -0.1) is 6.58 Å². The average molecular weight is 789 g/mol. The molecule has 0 bridgehead atoms. The molecule has 3 fully saturated rings. The van der Waals surface area contributed by atoms with Gasteiger partial charge < -0.3 is 35.8 Å². The molecule has 2 aromatic rings. The van der Waals surface area contributed by atoms with Gasteiger partial charge >= 0.3 is 12.1 Å². The number of carbonyl (C=O) groups is 4. The first-order valence-electron chi connectivity index (χ1n) is 18.5. The normalized spacial score (nSPS) is 22.8. The number of carbonyl (C=O) groups excluding carboxylic acids is 3. The fourth-order valence-corrected chi connectivity index (χ4v) is 8.21. The Labute approximate surface area is 320 Å². The van der Waals surface area contributed by atoms with Crippen molar-refractivity contribution in [3.63, 3.8) is 0 Å². The Kier molecular flexibility index (Phi) is 14.2. The van der Waals surface area contributed by atoms with Gasteiger partial charge in [-0.2, -0.15) is 0 Å². The van der Waals surface area contributed by atoms with Crippen molar-refractivity contribution >= 4 is 51.2 Å². The van der Waals surface area contributed by atoms with Gasteiger partial charge in [0.2, 0.25) is 11.8 Å². The van der Waals surface area contributed by atoms with Crippen LogP contribution in [0, 0.1) is 5.92 Å². The van der Waals surface area contributed by atoms with Crippen molar-refractivity contribution < 1.29 is 42.2 Å². The van der Waals surface area contributed by atoms with Crippen LogP contribution in [0.4, 0.5) is 10.5 Å². The third-order valence-electron chi connectivity index (χ3n) is 10.0. The molecule has 2 aliphatic carbocycles. The van der Waals surface area contributed by atoms with Crippen LogP contribution in [-0.4, -0.2) is 85.3 Å². The molecule has 294 valence electrons. The first-order chi connectivity index (χ1) is 25.9. The number of hydrogen-bond donors (Lipinski definition) is 6. The van der Waals surface area contributed by atoms with Gasteiger partial charge in [0.1, 0.15) is 28.7 Å². The van der Waals surface area contributed by atoms with Gasteiger partial charge in [0.25, 0.3) is 15.9 Å². The van der Waals surface area contributed by atoms with Crippen molar-refractivity contribution in [2.45, 2.75) is 112 Å². The van der Waals surface area contributed by atoms with Gasteiger partial charge in [0, 0.05) is 37.7 Å². The number of sulfonamides is 1. The van der Waals surface area contributed by atoms with Crippen LogP contribution < -0.4 is 30.7 Å². The number of carboxylic acids is 1. The van der Waals surface area contributed by atoms with Crippen LogP contribution >= 0.6 is 11.6 Å². The lowest BCUT2D eigenvalue weighted by Gasteiger charge is -2.21. The summed E-state index contributed by atoms with van der Waals surface area (Å²) in [5.74, 6) is -2.50. The number of carboxylic acid groups (broad SMARTS) is 1. The van der Waals surface area contributed by atoms with E-state index in [1.807, 2.05) is 0 Å². The molecule has 6 N–H and O–H groups in total. The highest BCUT2D eigenvalue weighted by molar-refractivity contribution is 7.90. The SMILES string of the molecule is C=C[C@@H]1C[C@]1(NC(=O)[C@@H]1C[C@@H](Oc2ccc(Cl)cn2)CN1)C(=O)NS(=O)(=O)c1ccccc1NCCCCCCCC(NC(=O)OC1CCCC1)C(=O)O. The summed E-state index contributed by atoms with van der Waals surface area (Å²) in [7, 11) is -4.34. The Balaban J connectivity index is 1.05. The van der Waals surface area contributed by atoms with Crippen molar-refractivity contribution in [1.82, 2.24) is 25.7 Å². The number of para-hydroxylation sites is 1.